The number of amides is 1. The Balaban J connectivity index is 1.60. The molecule has 1 spiro atoms. The number of likely N-dealkylation sites (tertiary alicyclic amines) is 2. The number of aromatic nitrogens is 2. The maximum atomic E-state index is 12.8. The van der Waals surface area contributed by atoms with Gasteiger partial charge in [0.05, 0.1) is 12.6 Å². The molecule has 0 radical (unpaired) electrons. The first-order valence-electron chi connectivity index (χ1n) is 9.57. The monoisotopic (exact) mass is 349 g/mol. The van der Waals surface area contributed by atoms with E-state index in [1.165, 1.54) is 12.8 Å². The maximum Gasteiger partial charge on any atom is 0.237 e. The molecule has 7 nitrogen and oxygen atoms in total. The van der Waals surface area contributed by atoms with Crippen LogP contribution in [0.2, 0.25) is 0 Å². The van der Waals surface area contributed by atoms with Gasteiger partial charge in [0.2, 0.25) is 17.7 Å². The number of nitrogens with zero attached hydrogens (tertiary/aromatic N) is 4. The molecule has 7 heteroatoms. The summed E-state index contributed by atoms with van der Waals surface area (Å²) in [5, 5.41) is 10.9. The summed E-state index contributed by atoms with van der Waals surface area (Å²) in [5.74, 6) is 1.20. The zero-order chi connectivity index (χ0) is 17.9. The lowest BCUT2D eigenvalue weighted by atomic mass is 9.76. The number of carbonyl (C=O) groups is 1. The van der Waals surface area contributed by atoms with Crippen molar-refractivity contribution >= 4 is 5.91 Å². The molecule has 1 N–H and O–H groups in total. The number of rotatable bonds is 6. The van der Waals surface area contributed by atoms with E-state index in [0.29, 0.717) is 30.2 Å². The topological polar surface area (TPSA) is 74.5 Å². The molecule has 0 saturated carbocycles. The molecule has 1 aromatic rings. The van der Waals surface area contributed by atoms with Crippen LogP contribution < -0.4 is 5.32 Å². The van der Waals surface area contributed by atoms with Crippen molar-refractivity contribution in [2.45, 2.75) is 58.5 Å². The first-order valence-corrected chi connectivity index (χ1v) is 9.57. The van der Waals surface area contributed by atoms with Gasteiger partial charge in [-0.05, 0) is 57.8 Å². The summed E-state index contributed by atoms with van der Waals surface area (Å²) in [6.45, 7) is 8.77. The summed E-state index contributed by atoms with van der Waals surface area (Å²) in [6.07, 6.45) is 5.14. The highest BCUT2D eigenvalue weighted by Crippen LogP contribution is 2.43. The molecule has 2 aliphatic heterocycles. The summed E-state index contributed by atoms with van der Waals surface area (Å²) in [4.78, 5) is 17.6. The predicted octanol–water partition coefficient (Wildman–Crippen LogP) is 1.44. The number of piperidine rings is 1. The van der Waals surface area contributed by atoms with Gasteiger partial charge in [-0.25, -0.2) is 0 Å². The van der Waals surface area contributed by atoms with E-state index in [1.807, 2.05) is 6.92 Å². The Morgan fingerprint density at radius 1 is 1.28 bits per heavy atom. The largest absolute Gasteiger partial charge is 0.423 e. The molecule has 25 heavy (non-hydrogen) atoms. The zero-order valence-corrected chi connectivity index (χ0v) is 15.8. The van der Waals surface area contributed by atoms with Crippen molar-refractivity contribution in [3.63, 3.8) is 0 Å². The SMILES string of the molecule is CCCN1CC2(CCN(C)CC2)C[C@H]1C(=O)NCc1nnc(CC)o1. The normalized spacial score (nSPS) is 24.0. The van der Waals surface area contributed by atoms with Crippen LogP contribution in [0.1, 0.15) is 51.3 Å². The van der Waals surface area contributed by atoms with Gasteiger partial charge in [0.25, 0.3) is 0 Å². The Morgan fingerprint density at radius 3 is 2.64 bits per heavy atom. The van der Waals surface area contributed by atoms with Crippen molar-refractivity contribution in [1.29, 1.82) is 0 Å². The number of aryl methyl sites for hydroxylation is 1. The summed E-state index contributed by atoms with van der Waals surface area (Å²) >= 11 is 0. The van der Waals surface area contributed by atoms with Crippen LogP contribution >= 0.6 is 0 Å². The van der Waals surface area contributed by atoms with Gasteiger partial charge in [-0.2, -0.15) is 0 Å². The van der Waals surface area contributed by atoms with Crippen LogP contribution in [0.25, 0.3) is 0 Å². The molecule has 3 rings (SSSR count). The van der Waals surface area contributed by atoms with Crippen molar-refractivity contribution < 1.29 is 9.21 Å². The van der Waals surface area contributed by atoms with Crippen LogP contribution in [0, 0.1) is 5.41 Å². The third kappa shape index (κ3) is 4.20. The van der Waals surface area contributed by atoms with Crippen molar-refractivity contribution in [2.75, 3.05) is 33.2 Å². The molecule has 2 fully saturated rings. The maximum absolute atomic E-state index is 12.8. The molecule has 2 aliphatic rings. The van der Waals surface area contributed by atoms with Crippen molar-refractivity contribution in [3.05, 3.63) is 11.8 Å². The highest BCUT2D eigenvalue weighted by molar-refractivity contribution is 5.82. The molecular formula is C18H31N5O2. The molecule has 1 aromatic heterocycles. The quantitative estimate of drug-likeness (QED) is 0.838. The predicted molar refractivity (Wildman–Crippen MR) is 95.0 cm³/mol. The molecule has 3 heterocycles. The average Bonchev–Trinajstić information content (AvgIpc) is 3.21. The first-order chi connectivity index (χ1) is 12.0. The van der Waals surface area contributed by atoms with E-state index in [-0.39, 0.29) is 11.9 Å². The van der Waals surface area contributed by atoms with E-state index >= 15 is 0 Å². The Hall–Kier alpha value is -1.47. The van der Waals surface area contributed by atoms with Crippen LogP contribution in [0.3, 0.4) is 0 Å². The van der Waals surface area contributed by atoms with Crippen molar-refractivity contribution in [2.24, 2.45) is 5.41 Å². The minimum absolute atomic E-state index is 0.0306. The molecule has 0 unspecified atom stereocenters. The standard InChI is InChI=1S/C18H31N5O2/c1-4-8-23-13-18(6-9-22(3)10-7-18)11-14(23)17(24)19-12-16-21-20-15(5-2)25-16/h14H,4-13H2,1-3H3,(H,19,24)/t14-/m0/s1. The van der Waals surface area contributed by atoms with Gasteiger partial charge in [0.15, 0.2) is 0 Å². The minimum atomic E-state index is -0.0306. The van der Waals surface area contributed by atoms with E-state index < -0.39 is 0 Å². The second kappa shape index (κ2) is 7.83. The molecular weight excluding hydrogens is 318 g/mol. The van der Waals surface area contributed by atoms with E-state index in [1.54, 1.807) is 0 Å². The minimum Gasteiger partial charge on any atom is -0.423 e. The van der Waals surface area contributed by atoms with Crippen LogP contribution in [0.15, 0.2) is 4.42 Å². The Kier molecular flexibility index (Phi) is 5.74. The second-order valence-electron chi connectivity index (χ2n) is 7.65. The van der Waals surface area contributed by atoms with E-state index in [9.17, 15) is 4.79 Å². The molecule has 1 atom stereocenters. The number of nitrogens with one attached hydrogen (secondary N) is 1. The summed E-state index contributed by atoms with van der Waals surface area (Å²) in [5.41, 5.74) is 0.309. The van der Waals surface area contributed by atoms with Crippen molar-refractivity contribution in [3.8, 4) is 0 Å². The lowest BCUT2D eigenvalue weighted by Gasteiger charge is -2.37. The Bertz CT molecular complexity index is 580. The summed E-state index contributed by atoms with van der Waals surface area (Å²) < 4.78 is 5.49. The van der Waals surface area contributed by atoms with Gasteiger partial charge in [0.1, 0.15) is 0 Å². The molecule has 0 aromatic carbocycles. The fourth-order valence-electron chi connectivity index (χ4n) is 4.16. The zero-order valence-electron chi connectivity index (χ0n) is 15.8. The molecule has 0 aliphatic carbocycles. The summed E-state index contributed by atoms with van der Waals surface area (Å²) in [7, 11) is 2.19. The summed E-state index contributed by atoms with van der Waals surface area (Å²) in [6, 6.07) is -0.0306. The van der Waals surface area contributed by atoms with E-state index in [4.69, 9.17) is 4.42 Å². The van der Waals surface area contributed by atoms with Crippen molar-refractivity contribution in [1.82, 2.24) is 25.3 Å². The molecule has 140 valence electrons. The third-order valence-electron chi connectivity index (χ3n) is 5.69. The smallest absolute Gasteiger partial charge is 0.237 e. The van der Waals surface area contributed by atoms with E-state index in [0.717, 1.165) is 39.0 Å². The lowest BCUT2D eigenvalue weighted by molar-refractivity contribution is -0.125. The van der Waals surface area contributed by atoms with Gasteiger partial charge in [-0.15, -0.1) is 10.2 Å². The molecule has 1 amide bonds. The number of carbonyl (C=O) groups excluding carboxylic acids is 1. The van der Waals surface area contributed by atoms with Crippen LogP contribution in [0.4, 0.5) is 0 Å². The van der Waals surface area contributed by atoms with Crippen LogP contribution in [-0.4, -0.2) is 65.2 Å². The second-order valence-corrected chi connectivity index (χ2v) is 7.65. The lowest BCUT2D eigenvalue weighted by Crippen LogP contribution is -2.43. The van der Waals surface area contributed by atoms with Gasteiger partial charge in [-0.1, -0.05) is 13.8 Å². The third-order valence-corrected chi connectivity index (χ3v) is 5.69. The Labute approximate surface area is 150 Å². The fourth-order valence-corrected chi connectivity index (χ4v) is 4.16. The Morgan fingerprint density at radius 2 is 2.00 bits per heavy atom. The van der Waals surface area contributed by atoms with Crippen LogP contribution in [-0.2, 0) is 17.8 Å². The number of hydrogen-bond acceptors (Lipinski definition) is 6. The molecule has 0 bridgehead atoms. The van der Waals surface area contributed by atoms with Gasteiger partial charge in [0, 0.05) is 13.0 Å². The average molecular weight is 349 g/mol. The highest BCUT2D eigenvalue weighted by atomic mass is 16.4. The van der Waals surface area contributed by atoms with Gasteiger partial charge in [-0.3, -0.25) is 9.69 Å². The van der Waals surface area contributed by atoms with E-state index in [2.05, 4.69) is 39.3 Å². The van der Waals surface area contributed by atoms with Crippen LogP contribution in [0.5, 0.6) is 0 Å². The molecule has 2 saturated heterocycles. The number of hydrogen-bond donors (Lipinski definition) is 1. The van der Waals surface area contributed by atoms with Gasteiger partial charge >= 0.3 is 0 Å². The first kappa shape index (κ1) is 18.3. The highest BCUT2D eigenvalue weighted by Gasteiger charge is 2.47. The van der Waals surface area contributed by atoms with Gasteiger partial charge < -0.3 is 14.6 Å². The fraction of sp³-hybridized carbons (Fsp3) is 0.833.